The lowest BCUT2D eigenvalue weighted by Crippen LogP contribution is -2.42. The first-order valence-electron chi connectivity index (χ1n) is 6.56. The van der Waals surface area contributed by atoms with E-state index in [0.717, 1.165) is 25.2 Å². The van der Waals surface area contributed by atoms with Crippen LogP contribution in [0, 0.1) is 0 Å². The fourth-order valence-corrected chi connectivity index (χ4v) is 2.52. The topological polar surface area (TPSA) is 56.0 Å². The number of amides is 1. The van der Waals surface area contributed by atoms with Crippen LogP contribution in [0.25, 0.3) is 0 Å². The van der Waals surface area contributed by atoms with Gasteiger partial charge in [-0.05, 0) is 12.5 Å². The maximum Gasteiger partial charge on any atom is 0.247 e. The van der Waals surface area contributed by atoms with Gasteiger partial charge in [0.2, 0.25) is 5.91 Å². The number of imidazole rings is 1. The van der Waals surface area contributed by atoms with E-state index >= 15 is 0 Å². The first-order chi connectivity index (χ1) is 9.29. The Labute approximate surface area is 111 Å². The van der Waals surface area contributed by atoms with Gasteiger partial charge < -0.3 is 9.47 Å². The average Bonchev–Trinajstić information content (AvgIpc) is 3.09. The quantitative estimate of drug-likeness (QED) is 0.828. The van der Waals surface area contributed by atoms with Crippen LogP contribution in [0.15, 0.2) is 31.0 Å². The molecule has 0 fully saturated rings. The van der Waals surface area contributed by atoms with E-state index in [4.69, 9.17) is 0 Å². The lowest BCUT2D eigenvalue weighted by molar-refractivity contribution is -0.136. The summed E-state index contributed by atoms with van der Waals surface area (Å²) in [5.41, 5.74) is 1.09. The molecule has 3 heterocycles. The predicted molar refractivity (Wildman–Crippen MR) is 69.2 cm³/mol. The molecule has 0 spiro atoms. The average molecular weight is 259 g/mol. The van der Waals surface area contributed by atoms with Crippen molar-refractivity contribution in [3.8, 4) is 0 Å². The Kier molecular flexibility index (Phi) is 3.06. The van der Waals surface area contributed by atoms with Crippen LogP contribution in [0.2, 0.25) is 0 Å². The molecule has 1 amide bonds. The van der Waals surface area contributed by atoms with Gasteiger partial charge in [0, 0.05) is 31.7 Å². The first-order valence-corrected chi connectivity index (χ1v) is 6.56. The Hall–Kier alpha value is -2.11. The predicted octanol–water partition coefficient (Wildman–Crippen LogP) is 1.07. The van der Waals surface area contributed by atoms with Crippen LogP contribution in [0.1, 0.15) is 25.1 Å². The fourth-order valence-electron chi connectivity index (χ4n) is 2.52. The Morgan fingerprint density at radius 2 is 2.37 bits per heavy atom. The van der Waals surface area contributed by atoms with Crippen molar-refractivity contribution >= 4 is 5.91 Å². The molecule has 1 aliphatic rings. The minimum atomic E-state index is -0.204. The van der Waals surface area contributed by atoms with Crippen molar-refractivity contribution in [1.29, 1.82) is 0 Å². The Morgan fingerprint density at radius 1 is 1.47 bits per heavy atom. The highest BCUT2D eigenvalue weighted by atomic mass is 16.2. The summed E-state index contributed by atoms with van der Waals surface area (Å²) in [5, 5.41) is 4.19. The largest absolute Gasteiger partial charge is 0.333 e. The summed E-state index contributed by atoms with van der Waals surface area (Å²) in [4.78, 5) is 18.6. The molecule has 2 aromatic rings. The second kappa shape index (κ2) is 4.87. The third-order valence-electron chi connectivity index (χ3n) is 3.59. The standard InChI is InChI=1S/C13H17N5O/c1-2-12(18-5-3-4-15-18)13(19)16-6-7-17-10-14-8-11(17)9-16/h3-5,8,10,12H,2,6-7,9H2,1H3/t12-/m0/s1. The van der Waals surface area contributed by atoms with Crippen molar-refractivity contribution in [3.63, 3.8) is 0 Å². The van der Waals surface area contributed by atoms with Crippen molar-refractivity contribution in [3.05, 3.63) is 36.7 Å². The van der Waals surface area contributed by atoms with Crippen LogP contribution in [0.5, 0.6) is 0 Å². The minimum absolute atomic E-state index is 0.138. The summed E-state index contributed by atoms with van der Waals surface area (Å²) >= 11 is 0. The number of carbonyl (C=O) groups is 1. The molecule has 1 atom stereocenters. The normalized spacial score (nSPS) is 16.2. The highest BCUT2D eigenvalue weighted by Gasteiger charge is 2.27. The van der Waals surface area contributed by atoms with Gasteiger partial charge in [0.25, 0.3) is 0 Å². The molecule has 3 rings (SSSR count). The molecule has 0 radical (unpaired) electrons. The summed E-state index contributed by atoms with van der Waals surface area (Å²) in [7, 11) is 0. The zero-order chi connectivity index (χ0) is 13.2. The van der Waals surface area contributed by atoms with Crippen molar-refractivity contribution < 1.29 is 4.79 Å². The molecule has 100 valence electrons. The zero-order valence-electron chi connectivity index (χ0n) is 10.9. The summed E-state index contributed by atoms with van der Waals surface area (Å²) in [6, 6.07) is 1.64. The molecule has 19 heavy (non-hydrogen) atoms. The van der Waals surface area contributed by atoms with Gasteiger partial charge in [0.05, 0.1) is 18.6 Å². The van der Waals surface area contributed by atoms with Gasteiger partial charge in [-0.1, -0.05) is 6.92 Å². The second-order valence-corrected chi connectivity index (χ2v) is 4.75. The molecule has 6 heteroatoms. The molecular formula is C13H17N5O. The summed E-state index contributed by atoms with van der Waals surface area (Å²) < 4.78 is 3.84. The number of nitrogens with zero attached hydrogens (tertiary/aromatic N) is 5. The highest BCUT2D eigenvalue weighted by molar-refractivity contribution is 5.80. The van der Waals surface area contributed by atoms with Crippen molar-refractivity contribution in [2.75, 3.05) is 6.54 Å². The maximum atomic E-state index is 12.6. The van der Waals surface area contributed by atoms with Gasteiger partial charge in [-0.15, -0.1) is 0 Å². The summed E-state index contributed by atoms with van der Waals surface area (Å²) in [6.45, 7) is 4.20. The Morgan fingerprint density at radius 3 is 3.11 bits per heavy atom. The fraction of sp³-hybridized carbons (Fsp3) is 0.462. The molecule has 0 N–H and O–H groups in total. The van der Waals surface area contributed by atoms with Crippen molar-refractivity contribution in [2.45, 2.75) is 32.5 Å². The summed E-state index contributed by atoms with van der Waals surface area (Å²) in [5.74, 6) is 0.138. The monoisotopic (exact) mass is 259 g/mol. The number of rotatable bonds is 3. The SMILES string of the molecule is CC[C@@H](C(=O)N1CCn2cncc2C1)n1cccn1. The van der Waals surface area contributed by atoms with Crippen LogP contribution < -0.4 is 0 Å². The van der Waals surface area contributed by atoms with E-state index in [1.165, 1.54) is 0 Å². The number of hydrogen-bond donors (Lipinski definition) is 0. The molecular weight excluding hydrogens is 242 g/mol. The molecule has 6 nitrogen and oxygen atoms in total. The van der Waals surface area contributed by atoms with Gasteiger partial charge in [-0.25, -0.2) is 4.98 Å². The third kappa shape index (κ3) is 2.14. The molecule has 2 aromatic heterocycles. The van der Waals surface area contributed by atoms with Crippen LogP contribution >= 0.6 is 0 Å². The minimum Gasteiger partial charge on any atom is -0.333 e. The van der Waals surface area contributed by atoms with Crippen LogP contribution in [-0.2, 0) is 17.9 Å². The Bertz CT molecular complexity index is 559. The van der Waals surface area contributed by atoms with E-state index in [0.29, 0.717) is 6.54 Å². The first kappa shape index (κ1) is 12.0. The number of carbonyl (C=O) groups excluding carboxylic acids is 1. The van der Waals surface area contributed by atoms with Gasteiger partial charge >= 0.3 is 0 Å². The number of hydrogen-bond acceptors (Lipinski definition) is 3. The zero-order valence-corrected chi connectivity index (χ0v) is 10.9. The molecule has 0 saturated heterocycles. The van der Waals surface area contributed by atoms with E-state index in [-0.39, 0.29) is 11.9 Å². The molecule has 0 aliphatic carbocycles. The van der Waals surface area contributed by atoms with E-state index in [1.54, 1.807) is 10.9 Å². The number of aromatic nitrogens is 4. The maximum absolute atomic E-state index is 12.6. The molecule has 0 unspecified atom stereocenters. The third-order valence-corrected chi connectivity index (χ3v) is 3.59. The smallest absolute Gasteiger partial charge is 0.247 e. The van der Waals surface area contributed by atoms with E-state index in [2.05, 4.69) is 14.6 Å². The van der Waals surface area contributed by atoms with E-state index in [9.17, 15) is 4.79 Å². The lowest BCUT2D eigenvalue weighted by Gasteiger charge is -2.31. The van der Waals surface area contributed by atoms with Crippen LogP contribution in [0.3, 0.4) is 0 Å². The molecule has 0 aromatic carbocycles. The second-order valence-electron chi connectivity index (χ2n) is 4.75. The molecule has 0 saturated carbocycles. The highest BCUT2D eigenvalue weighted by Crippen LogP contribution is 2.18. The van der Waals surface area contributed by atoms with Crippen molar-refractivity contribution in [2.24, 2.45) is 0 Å². The van der Waals surface area contributed by atoms with Crippen LogP contribution in [0.4, 0.5) is 0 Å². The van der Waals surface area contributed by atoms with Crippen LogP contribution in [-0.4, -0.2) is 36.7 Å². The van der Waals surface area contributed by atoms with Gasteiger partial charge in [-0.3, -0.25) is 9.48 Å². The van der Waals surface area contributed by atoms with E-state index < -0.39 is 0 Å². The summed E-state index contributed by atoms with van der Waals surface area (Å²) in [6.07, 6.45) is 7.95. The molecule has 0 bridgehead atoms. The van der Waals surface area contributed by atoms with Crippen molar-refractivity contribution in [1.82, 2.24) is 24.2 Å². The lowest BCUT2D eigenvalue weighted by atomic mass is 10.1. The Balaban J connectivity index is 1.77. The van der Waals surface area contributed by atoms with E-state index in [1.807, 2.05) is 36.6 Å². The number of fused-ring (bicyclic) bond motifs is 1. The van der Waals surface area contributed by atoms with Gasteiger partial charge in [-0.2, -0.15) is 5.10 Å². The molecule has 1 aliphatic heterocycles. The van der Waals surface area contributed by atoms with Gasteiger partial charge in [0.1, 0.15) is 6.04 Å². The van der Waals surface area contributed by atoms with Gasteiger partial charge in [0.15, 0.2) is 0 Å².